The fraction of sp³-hybridized carbons (Fsp3) is 0.333. The van der Waals surface area contributed by atoms with Crippen LogP contribution in [0.25, 0.3) is 16.0 Å². The molecule has 5 rings (SSSR count). The first-order chi connectivity index (χ1) is 14.8. The number of carbonyl (C=O) groups excluding carboxylic acids is 1. The summed E-state index contributed by atoms with van der Waals surface area (Å²) in [5.41, 5.74) is 6.94. The maximum atomic E-state index is 13.7. The Kier molecular flexibility index (Phi) is 4.87. The van der Waals surface area contributed by atoms with Gasteiger partial charge in [0, 0.05) is 11.3 Å². The van der Waals surface area contributed by atoms with Gasteiger partial charge in [-0.3, -0.25) is 14.2 Å². The minimum Gasteiger partial charge on any atom is -0.370 e. The van der Waals surface area contributed by atoms with E-state index in [-0.39, 0.29) is 16.9 Å². The van der Waals surface area contributed by atoms with Crippen molar-refractivity contribution in [2.24, 2.45) is 5.73 Å². The lowest BCUT2D eigenvalue weighted by Gasteiger charge is -2.29. The van der Waals surface area contributed by atoms with Crippen LogP contribution in [-0.2, 0) is 29.1 Å². The molecule has 0 saturated heterocycles. The Morgan fingerprint density at radius 2 is 2.06 bits per heavy atom. The van der Waals surface area contributed by atoms with E-state index in [1.807, 2.05) is 48.6 Å². The van der Waals surface area contributed by atoms with Crippen LogP contribution in [0, 0.1) is 0 Å². The van der Waals surface area contributed by atoms with Gasteiger partial charge in [-0.05, 0) is 25.0 Å². The predicted octanol–water partition coefficient (Wildman–Crippen LogP) is 2.58. The maximum absolute atomic E-state index is 13.7. The Bertz CT molecular complexity index is 1370. The number of primary amides is 1. The van der Waals surface area contributed by atoms with Crippen LogP contribution in [0.4, 0.5) is 0 Å². The minimum atomic E-state index is -0.434. The number of fused-ring (bicyclic) bond motifs is 5. The molecule has 0 bridgehead atoms. The number of ether oxygens (including phenoxy) is 1. The second kappa shape index (κ2) is 7.47. The first-order valence-electron chi connectivity index (χ1n) is 9.85. The fourth-order valence-electron chi connectivity index (χ4n) is 3.90. The summed E-state index contributed by atoms with van der Waals surface area (Å²) in [7, 11) is 0. The summed E-state index contributed by atoms with van der Waals surface area (Å²) < 4.78 is 9.52. The summed E-state index contributed by atoms with van der Waals surface area (Å²) in [6.07, 6.45) is 0.653. The van der Waals surface area contributed by atoms with E-state index < -0.39 is 5.91 Å². The summed E-state index contributed by atoms with van der Waals surface area (Å²) >= 11 is 2.75. The van der Waals surface area contributed by atoms with Crippen molar-refractivity contribution >= 4 is 45.0 Å². The van der Waals surface area contributed by atoms with E-state index >= 15 is 0 Å². The highest BCUT2D eigenvalue weighted by Crippen LogP contribution is 2.38. The second-order valence-corrected chi connectivity index (χ2v) is 10.2. The Balaban J connectivity index is 1.79. The zero-order valence-electron chi connectivity index (χ0n) is 17.1. The number of nitrogens with two attached hydrogens (primary N) is 1. The smallest absolute Gasteiger partial charge is 0.264 e. The standard InChI is InChI=1S/C21H21N5O3S2/c1-21(2)8-13-14(10-29-21)31-18-16(13)17(28)25(9-12-6-4-3-5-7-12)19-23-24-20(26(18)19)30-11-15(22)27/h3-7H,8-11H2,1-2H3,(H2,22,27). The number of benzene rings is 1. The molecule has 0 aliphatic carbocycles. The van der Waals surface area contributed by atoms with Gasteiger partial charge >= 0.3 is 0 Å². The molecule has 31 heavy (non-hydrogen) atoms. The first kappa shape index (κ1) is 20.2. The Hall–Kier alpha value is -2.69. The highest BCUT2D eigenvalue weighted by molar-refractivity contribution is 7.99. The van der Waals surface area contributed by atoms with Crippen molar-refractivity contribution < 1.29 is 9.53 Å². The van der Waals surface area contributed by atoms with Crippen LogP contribution in [0.1, 0.15) is 29.9 Å². The van der Waals surface area contributed by atoms with Crippen LogP contribution in [0.3, 0.4) is 0 Å². The van der Waals surface area contributed by atoms with Gasteiger partial charge in [-0.15, -0.1) is 21.5 Å². The van der Waals surface area contributed by atoms with E-state index in [1.54, 1.807) is 4.57 Å². The maximum Gasteiger partial charge on any atom is 0.264 e. The largest absolute Gasteiger partial charge is 0.370 e. The second-order valence-electron chi connectivity index (χ2n) is 8.16. The van der Waals surface area contributed by atoms with Gasteiger partial charge in [-0.25, -0.2) is 4.40 Å². The number of hydrogen-bond donors (Lipinski definition) is 1. The highest BCUT2D eigenvalue weighted by atomic mass is 32.2. The molecule has 160 valence electrons. The van der Waals surface area contributed by atoms with Gasteiger partial charge < -0.3 is 10.5 Å². The molecular formula is C21H21N5O3S2. The Labute approximate surface area is 186 Å². The molecule has 3 aromatic heterocycles. The van der Waals surface area contributed by atoms with Crippen LogP contribution < -0.4 is 11.3 Å². The molecule has 0 saturated carbocycles. The minimum absolute atomic E-state index is 0.0830. The zero-order chi connectivity index (χ0) is 21.8. The van der Waals surface area contributed by atoms with Crippen LogP contribution in [0.5, 0.6) is 0 Å². The normalized spacial score (nSPS) is 15.4. The van der Waals surface area contributed by atoms with Crippen molar-refractivity contribution in [2.75, 3.05) is 5.75 Å². The summed E-state index contributed by atoms with van der Waals surface area (Å²) in [5.74, 6) is 0.102. The first-order valence-corrected chi connectivity index (χ1v) is 11.7. The number of thioether (sulfide) groups is 1. The number of carbonyl (C=O) groups is 1. The molecule has 0 radical (unpaired) electrons. The highest BCUT2D eigenvalue weighted by Gasteiger charge is 2.32. The third-order valence-electron chi connectivity index (χ3n) is 5.32. The van der Waals surface area contributed by atoms with Gasteiger partial charge in [0.2, 0.25) is 11.7 Å². The number of rotatable bonds is 5. The Morgan fingerprint density at radius 3 is 2.81 bits per heavy atom. The third kappa shape index (κ3) is 3.54. The molecule has 0 atom stereocenters. The molecule has 4 heterocycles. The number of nitrogens with zero attached hydrogens (tertiary/aromatic N) is 4. The fourth-order valence-corrected chi connectivity index (χ4v) is 5.85. The van der Waals surface area contributed by atoms with Crippen molar-refractivity contribution in [2.45, 2.75) is 44.2 Å². The molecule has 10 heteroatoms. The summed E-state index contributed by atoms with van der Waals surface area (Å²) in [6.45, 7) is 4.91. The van der Waals surface area contributed by atoms with Gasteiger partial charge in [0.25, 0.3) is 5.56 Å². The quantitative estimate of drug-likeness (QED) is 0.464. The number of aromatic nitrogens is 4. The van der Waals surface area contributed by atoms with E-state index in [1.165, 1.54) is 23.1 Å². The molecule has 1 aliphatic heterocycles. The van der Waals surface area contributed by atoms with Gasteiger partial charge in [0.15, 0.2) is 5.16 Å². The molecule has 1 aromatic carbocycles. The third-order valence-corrected chi connectivity index (χ3v) is 7.46. The van der Waals surface area contributed by atoms with Crippen molar-refractivity contribution in [3.8, 4) is 0 Å². The molecule has 2 N–H and O–H groups in total. The number of hydrogen-bond acceptors (Lipinski definition) is 7. The molecule has 0 spiro atoms. The van der Waals surface area contributed by atoms with E-state index in [0.29, 0.717) is 35.9 Å². The van der Waals surface area contributed by atoms with Crippen LogP contribution in [-0.4, -0.2) is 36.4 Å². The van der Waals surface area contributed by atoms with Gasteiger partial charge in [0.1, 0.15) is 4.83 Å². The van der Waals surface area contributed by atoms with Crippen LogP contribution >= 0.6 is 23.1 Å². The van der Waals surface area contributed by atoms with Crippen LogP contribution in [0.15, 0.2) is 40.3 Å². The molecule has 1 amide bonds. The molecule has 8 nitrogen and oxygen atoms in total. The van der Waals surface area contributed by atoms with E-state index in [9.17, 15) is 9.59 Å². The number of amides is 1. The number of thiophene rings is 1. The van der Waals surface area contributed by atoms with E-state index in [0.717, 1.165) is 20.8 Å². The monoisotopic (exact) mass is 455 g/mol. The SMILES string of the molecule is CC1(C)Cc2c(sc3c2c(=O)n(Cc2ccccc2)c2nnc(SCC(N)=O)n32)CO1. The zero-order valence-corrected chi connectivity index (χ0v) is 18.8. The lowest BCUT2D eigenvalue weighted by molar-refractivity contribution is -0.115. The van der Waals surface area contributed by atoms with Crippen LogP contribution in [0.2, 0.25) is 0 Å². The van der Waals surface area contributed by atoms with Gasteiger partial charge in [0.05, 0.1) is 29.9 Å². The molecule has 0 unspecified atom stereocenters. The molecule has 1 aliphatic rings. The Morgan fingerprint density at radius 1 is 1.29 bits per heavy atom. The van der Waals surface area contributed by atoms with Gasteiger partial charge in [-0.2, -0.15) is 0 Å². The van der Waals surface area contributed by atoms with Crippen molar-refractivity contribution in [1.82, 2.24) is 19.2 Å². The van der Waals surface area contributed by atoms with Gasteiger partial charge in [-0.1, -0.05) is 42.1 Å². The van der Waals surface area contributed by atoms with Crippen molar-refractivity contribution in [1.29, 1.82) is 0 Å². The topological polar surface area (TPSA) is 105 Å². The molecular weight excluding hydrogens is 434 g/mol. The predicted molar refractivity (Wildman–Crippen MR) is 121 cm³/mol. The lowest BCUT2D eigenvalue weighted by Crippen LogP contribution is -2.32. The average molecular weight is 456 g/mol. The molecule has 4 aromatic rings. The lowest BCUT2D eigenvalue weighted by atomic mass is 9.94. The van der Waals surface area contributed by atoms with Crippen molar-refractivity contribution in [3.63, 3.8) is 0 Å². The average Bonchev–Trinajstić information content (AvgIpc) is 3.30. The summed E-state index contributed by atoms with van der Waals surface area (Å²) in [5, 5.41) is 9.82. The molecule has 0 fully saturated rings. The summed E-state index contributed by atoms with van der Waals surface area (Å²) in [6, 6.07) is 9.79. The van der Waals surface area contributed by atoms with E-state index in [2.05, 4.69) is 10.2 Å². The van der Waals surface area contributed by atoms with Crippen molar-refractivity contribution in [3.05, 3.63) is 56.7 Å². The van der Waals surface area contributed by atoms with E-state index in [4.69, 9.17) is 10.5 Å². The summed E-state index contributed by atoms with van der Waals surface area (Å²) in [4.78, 5) is 26.9.